The number of hydrogen-bond acceptors (Lipinski definition) is 5. The molecule has 1 atom stereocenters. The molecule has 0 spiro atoms. The van der Waals surface area contributed by atoms with Crippen LogP contribution in [0.2, 0.25) is 0 Å². The van der Waals surface area contributed by atoms with Crippen LogP contribution in [0.4, 0.5) is 0 Å². The van der Waals surface area contributed by atoms with Gasteiger partial charge in [-0.25, -0.2) is 4.98 Å². The van der Waals surface area contributed by atoms with Crippen molar-refractivity contribution in [2.45, 2.75) is 19.6 Å². The van der Waals surface area contributed by atoms with E-state index in [0.29, 0.717) is 17.2 Å². The summed E-state index contributed by atoms with van der Waals surface area (Å²) in [6.45, 7) is 2.04. The number of nitrogens with one attached hydrogen (secondary N) is 1. The minimum Gasteiger partial charge on any atom is -0.484 e. The monoisotopic (exact) mass is 326 g/mol. The highest BCUT2D eigenvalue weighted by Crippen LogP contribution is 2.18. The van der Waals surface area contributed by atoms with Gasteiger partial charge in [-0.1, -0.05) is 12.1 Å². The van der Waals surface area contributed by atoms with Gasteiger partial charge in [0.2, 0.25) is 5.89 Å². The van der Waals surface area contributed by atoms with Crippen molar-refractivity contribution in [3.8, 4) is 5.75 Å². The maximum absolute atomic E-state index is 11.9. The average molecular weight is 326 g/mol. The lowest BCUT2D eigenvalue weighted by Gasteiger charge is -2.08. The largest absolute Gasteiger partial charge is 0.484 e. The molecule has 3 rings (SSSR count). The Kier molecular flexibility index (Phi) is 4.77. The lowest BCUT2D eigenvalue weighted by Crippen LogP contribution is -2.30. The number of fused-ring (bicyclic) bond motifs is 1. The van der Waals surface area contributed by atoms with Crippen molar-refractivity contribution in [3.63, 3.8) is 0 Å². The van der Waals surface area contributed by atoms with E-state index in [0.717, 1.165) is 11.1 Å². The first kappa shape index (κ1) is 16.0. The molecule has 0 aliphatic rings. The number of benzene rings is 2. The number of ether oxygens (including phenoxy) is 1. The van der Waals surface area contributed by atoms with Gasteiger partial charge in [-0.15, -0.1) is 0 Å². The Morgan fingerprint density at radius 2 is 2.00 bits per heavy atom. The van der Waals surface area contributed by atoms with E-state index in [2.05, 4.69) is 10.3 Å². The molecule has 3 aromatic rings. The van der Waals surface area contributed by atoms with E-state index < -0.39 is 6.10 Å². The summed E-state index contributed by atoms with van der Waals surface area (Å²) in [7, 11) is 0. The van der Waals surface area contributed by atoms with Gasteiger partial charge in [0.1, 0.15) is 11.3 Å². The van der Waals surface area contributed by atoms with Crippen molar-refractivity contribution in [2.75, 3.05) is 6.54 Å². The molecule has 1 amide bonds. The summed E-state index contributed by atoms with van der Waals surface area (Å²) in [5, 5.41) is 11.8. The normalized spacial score (nSPS) is 12.1. The number of rotatable bonds is 6. The third-order valence-corrected chi connectivity index (χ3v) is 3.38. The molecule has 124 valence electrons. The Hall–Kier alpha value is -2.86. The van der Waals surface area contributed by atoms with E-state index in [-0.39, 0.29) is 19.1 Å². The predicted molar refractivity (Wildman–Crippen MR) is 88.8 cm³/mol. The van der Waals surface area contributed by atoms with Crippen molar-refractivity contribution in [2.24, 2.45) is 0 Å². The molecule has 6 heteroatoms. The summed E-state index contributed by atoms with van der Waals surface area (Å²) >= 11 is 0. The summed E-state index contributed by atoms with van der Waals surface area (Å²) in [6.07, 6.45) is -0.576. The topological polar surface area (TPSA) is 84.6 Å². The summed E-state index contributed by atoms with van der Waals surface area (Å²) in [5.74, 6) is 0.876. The molecule has 1 aromatic heterocycles. The van der Waals surface area contributed by atoms with Gasteiger partial charge < -0.3 is 19.6 Å². The number of nitrogens with zero attached hydrogens (tertiary/aromatic N) is 1. The van der Waals surface area contributed by atoms with Crippen LogP contribution in [0.25, 0.3) is 11.1 Å². The number of para-hydroxylation sites is 2. The number of carbonyl (C=O) groups excluding carboxylic acids is 1. The maximum Gasteiger partial charge on any atom is 0.251 e. The zero-order valence-corrected chi connectivity index (χ0v) is 13.2. The van der Waals surface area contributed by atoms with Gasteiger partial charge in [-0.2, -0.15) is 0 Å². The quantitative estimate of drug-likeness (QED) is 0.727. The van der Waals surface area contributed by atoms with Crippen LogP contribution in [0.15, 0.2) is 52.9 Å². The third kappa shape index (κ3) is 3.91. The minimum atomic E-state index is -0.576. The van der Waals surface area contributed by atoms with Gasteiger partial charge in [-0.05, 0) is 43.3 Å². The van der Waals surface area contributed by atoms with E-state index in [9.17, 15) is 9.90 Å². The summed E-state index contributed by atoms with van der Waals surface area (Å²) in [4.78, 5) is 16.2. The molecule has 0 saturated heterocycles. The molecular weight excluding hydrogens is 308 g/mol. The fraction of sp³-hybridized carbons (Fsp3) is 0.222. The molecule has 6 nitrogen and oxygen atoms in total. The molecule has 0 bridgehead atoms. The number of oxazole rings is 1. The number of aliphatic hydroxyl groups is 1. The SMILES string of the molecule is C[C@H](O)CNC(=O)c1ccc(OCc2nc3ccccc3o2)cc1. The standard InChI is InChI=1S/C18H18N2O4/c1-12(21)10-19-18(22)13-6-8-14(9-7-13)23-11-17-20-15-4-2-3-5-16(15)24-17/h2-9,12,21H,10-11H2,1H3,(H,19,22)/t12-/m0/s1. The average Bonchev–Trinajstić information content (AvgIpc) is 3.01. The second-order valence-electron chi connectivity index (χ2n) is 5.45. The molecule has 0 radical (unpaired) electrons. The Morgan fingerprint density at radius 3 is 2.71 bits per heavy atom. The molecule has 0 aliphatic carbocycles. The maximum atomic E-state index is 11.9. The van der Waals surface area contributed by atoms with Crippen LogP contribution in [0.5, 0.6) is 5.75 Å². The van der Waals surface area contributed by atoms with Gasteiger partial charge in [0, 0.05) is 12.1 Å². The molecule has 2 N–H and O–H groups in total. The number of amides is 1. The number of hydrogen-bond donors (Lipinski definition) is 2. The van der Waals surface area contributed by atoms with Crippen LogP contribution in [0.1, 0.15) is 23.2 Å². The lowest BCUT2D eigenvalue weighted by atomic mass is 10.2. The van der Waals surface area contributed by atoms with Crippen LogP contribution in [-0.2, 0) is 6.61 Å². The van der Waals surface area contributed by atoms with Crippen LogP contribution in [-0.4, -0.2) is 28.6 Å². The van der Waals surface area contributed by atoms with E-state index in [1.54, 1.807) is 31.2 Å². The van der Waals surface area contributed by atoms with Crippen molar-refractivity contribution >= 4 is 17.0 Å². The Morgan fingerprint density at radius 1 is 1.25 bits per heavy atom. The van der Waals surface area contributed by atoms with E-state index in [1.807, 2.05) is 24.3 Å². The third-order valence-electron chi connectivity index (χ3n) is 3.38. The predicted octanol–water partition coefficient (Wildman–Crippen LogP) is 2.52. The zero-order valence-electron chi connectivity index (χ0n) is 13.2. The first-order valence-corrected chi connectivity index (χ1v) is 7.65. The van der Waals surface area contributed by atoms with Gasteiger partial charge in [0.15, 0.2) is 12.2 Å². The van der Waals surface area contributed by atoms with Crippen molar-refractivity contribution in [3.05, 3.63) is 60.0 Å². The van der Waals surface area contributed by atoms with Crippen LogP contribution in [0.3, 0.4) is 0 Å². The van der Waals surface area contributed by atoms with Gasteiger partial charge in [0.05, 0.1) is 6.10 Å². The Bertz CT molecular complexity index is 791. The highest BCUT2D eigenvalue weighted by Gasteiger charge is 2.08. The van der Waals surface area contributed by atoms with E-state index in [1.165, 1.54) is 0 Å². The van der Waals surface area contributed by atoms with Gasteiger partial charge >= 0.3 is 0 Å². The smallest absolute Gasteiger partial charge is 0.251 e. The Labute approximate surface area is 139 Å². The van der Waals surface area contributed by atoms with Gasteiger partial charge in [0.25, 0.3) is 5.91 Å². The van der Waals surface area contributed by atoms with Crippen molar-refractivity contribution in [1.82, 2.24) is 10.3 Å². The second kappa shape index (κ2) is 7.14. The fourth-order valence-electron chi connectivity index (χ4n) is 2.17. The molecule has 24 heavy (non-hydrogen) atoms. The second-order valence-corrected chi connectivity index (χ2v) is 5.45. The summed E-state index contributed by atoms with van der Waals surface area (Å²) in [6, 6.07) is 14.3. The van der Waals surface area contributed by atoms with Crippen molar-refractivity contribution in [1.29, 1.82) is 0 Å². The zero-order chi connectivity index (χ0) is 16.9. The molecule has 0 saturated carbocycles. The number of aliphatic hydroxyl groups excluding tert-OH is 1. The summed E-state index contributed by atoms with van der Waals surface area (Å²) < 4.78 is 11.2. The highest BCUT2D eigenvalue weighted by atomic mass is 16.5. The molecular formula is C18H18N2O4. The Balaban J connectivity index is 1.58. The van der Waals surface area contributed by atoms with Gasteiger partial charge in [-0.3, -0.25) is 4.79 Å². The summed E-state index contributed by atoms with van der Waals surface area (Å²) in [5.41, 5.74) is 2.02. The lowest BCUT2D eigenvalue weighted by molar-refractivity contribution is 0.0924. The minimum absolute atomic E-state index is 0.211. The molecule has 0 aliphatic heterocycles. The van der Waals surface area contributed by atoms with Crippen LogP contribution >= 0.6 is 0 Å². The van der Waals surface area contributed by atoms with Crippen LogP contribution < -0.4 is 10.1 Å². The van der Waals surface area contributed by atoms with Crippen LogP contribution in [0, 0.1) is 0 Å². The molecule has 0 unspecified atom stereocenters. The van der Waals surface area contributed by atoms with E-state index >= 15 is 0 Å². The molecule has 0 fully saturated rings. The number of aromatic nitrogens is 1. The number of carbonyl (C=O) groups is 1. The van der Waals surface area contributed by atoms with E-state index in [4.69, 9.17) is 9.15 Å². The van der Waals surface area contributed by atoms with Crippen molar-refractivity contribution < 1.29 is 19.1 Å². The first-order valence-electron chi connectivity index (χ1n) is 7.65. The fourth-order valence-corrected chi connectivity index (χ4v) is 2.17. The first-order chi connectivity index (χ1) is 11.6. The highest BCUT2D eigenvalue weighted by molar-refractivity contribution is 5.94. The molecule has 2 aromatic carbocycles. The molecule has 1 heterocycles.